The summed E-state index contributed by atoms with van der Waals surface area (Å²) in [5.74, 6) is -2.01. The fraction of sp³-hybridized carbons (Fsp3) is 0.278. The highest BCUT2D eigenvalue weighted by Gasteiger charge is 2.08. The summed E-state index contributed by atoms with van der Waals surface area (Å²) < 4.78 is 44.1. The highest BCUT2D eigenvalue weighted by molar-refractivity contribution is 5.90. The Bertz CT molecular complexity index is 708. The summed E-state index contributed by atoms with van der Waals surface area (Å²) in [4.78, 5) is 13.7. The summed E-state index contributed by atoms with van der Waals surface area (Å²) in [6.45, 7) is 1.45. The Morgan fingerprint density at radius 1 is 1.04 bits per heavy atom. The van der Waals surface area contributed by atoms with Crippen LogP contribution >= 0.6 is 0 Å². The van der Waals surface area contributed by atoms with Crippen molar-refractivity contribution in [2.24, 2.45) is 0 Å². The second kappa shape index (κ2) is 9.08. The monoisotopic (exact) mass is 352 g/mol. The third-order valence-electron chi connectivity index (χ3n) is 3.48. The van der Waals surface area contributed by atoms with Crippen LogP contribution in [0.2, 0.25) is 0 Å². The molecule has 1 amide bonds. The number of carbonyl (C=O) groups excluding carboxylic acids is 1. The van der Waals surface area contributed by atoms with Crippen molar-refractivity contribution in [2.75, 3.05) is 32.1 Å². The summed E-state index contributed by atoms with van der Waals surface area (Å²) in [7, 11) is 1.83. The van der Waals surface area contributed by atoms with Crippen molar-refractivity contribution >= 4 is 11.6 Å². The zero-order chi connectivity index (χ0) is 18.2. The van der Waals surface area contributed by atoms with Crippen LogP contribution in [0, 0.1) is 17.5 Å². The molecule has 0 heterocycles. The SMILES string of the molecule is CN(CCOc1ccc(F)cc1)CCC(=O)Nc1ccc(F)c(F)c1. The number of likely N-dealkylation sites (N-methyl/N-ethyl adjacent to an activating group) is 1. The molecule has 25 heavy (non-hydrogen) atoms. The van der Waals surface area contributed by atoms with E-state index in [1.54, 1.807) is 12.1 Å². The van der Waals surface area contributed by atoms with Crippen molar-refractivity contribution in [1.82, 2.24) is 4.90 Å². The topological polar surface area (TPSA) is 41.6 Å². The molecule has 2 aromatic rings. The number of halogens is 3. The molecule has 0 atom stereocenters. The minimum atomic E-state index is -1.01. The molecule has 0 unspecified atom stereocenters. The average Bonchev–Trinajstić information content (AvgIpc) is 2.58. The third kappa shape index (κ3) is 6.46. The second-order valence-corrected chi connectivity index (χ2v) is 5.53. The predicted octanol–water partition coefficient (Wildman–Crippen LogP) is 3.44. The molecule has 2 rings (SSSR count). The van der Waals surface area contributed by atoms with Gasteiger partial charge in [0.05, 0.1) is 0 Å². The summed E-state index contributed by atoms with van der Waals surface area (Å²) in [6, 6.07) is 8.94. The minimum absolute atomic E-state index is 0.200. The van der Waals surface area contributed by atoms with E-state index in [2.05, 4.69) is 5.32 Å². The lowest BCUT2D eigenvalue weighted by molar-refractivity contribution is -0.116. The van der Waals surface area contributed by atoms with Crippen molar-refractivity contribution in [2.45, 2.75) is 6.42 Å². The van der Waals surface area contributed by atoms with Gasteiger partial charge >= 0.3 is 0 Å². The van der Waals surface area contributed by atoms with Crippen molar-refractivity contribution < 1.29 is 22.7 Å². The van der Waals surface area contributed by atoms with Crippen molar-refractivity contribution in [3.63, 3.8) is 0 Å². The number of nitrogens with zero attached hydrogens (tertiary/aromatic N) is 1. The Kier molecular flexibility index (Phi) is 6.82. The number of nitrogens with one attached hydrogen (secondary N) is 1. The van der Waals surface area contributed by atoms with Crippen LogP contribution in [0.15, 0.2) is 42.5 Å². The second-order valence-electron chi connectivity index (χ2n) is 5.53. The van der Waals surface area contributed by atoms with E-state index in [-0.39, 0.29) is 23.8 Å². The zero-order valence-electron chi connectivity index (χ0n) is 13.8. The lowest BCUT2D eigenvalue weighted by atomic mass is 10.3. The molecule has 0 aliphatic rings. The molecule has 0 bridgehead atoms. The lowest BCUT2D eigenvalue weighted by Gasteiger charge is -2.16. The Balaban J connectivity index is 1.66. The smallest absolute Gasteiger partial charge is 0.225 e. The van der Waals surface area contributed by atoms with Gasteiger partial charge in [0.25, 0.3) is 0 Å². The normalized spacial score (nSPS) is 10.8. The van der Waals surface area contributed by atoms with E-state index in [1.807, 2.05) is 11.9 Å². The quantitative estimate of drug-likeness (QED) is 0.791. The van der Waals surface area contributed by atoms with Gasteiger partial charge in [-0.25, -0.2) is 13.2 Å². The molecule has 4 nitrogen and oxygen atoms in total. The number of hydrogen-bond acceptors (Lipinski definition) is 3. The Morgan fingerprint density at radius 3 is 2.44 bits per heavy atom. The van der Waals surface area contributed by atoms with Crippen molar-refractivity contribution in [3.8, 4) is 5.75 Å². The fourth-order valence-electron chi connectivity index (χ4n) is 2.05. The van der Waals surface area contributed by atoms with E-state index in [0.29, 0.717) is 25.4 Å². The highest BCUT2D eigenvalue weighted by atomic mass is 19.2. The lowest BCUT2D eigenvalue weighted by Crippen LogP contribution is -2.28. The number of amides is 1. The van der Waals surface area contributed by atoms with Gasteiger partial charge in [-0.3, -0.25) is 4.79 Å². The molecule has 0 spiro atoms. The first-order valence-electron chi connectivity index (χ1n) is 7.76. The maximum absolute atomic E-state index is 13.1. The van der Waals surface area contributed by atoms with Gasteiger partial charge in [-0.05, 0) is 43.4 Å². The van der Waals surface area contributed by atoms with Crippen molar-refractivity contribution in [3.05, 3.63) is 59.9 Å². The molecule has 0 aliphatic heterocycles. The summed E-state index contributed by atoms with van der Waals surface area (Å²) in [5, 5.41) is 2.51. The van der Waals surface area contributed by atoms with E-state index in [0.717, 1.165) is 12.1 Å². The van der Waals surface area contributed by atoms with Gasteiger partial charge in [0.15, 0.2) is 11.6 Å². The van der Waals surface area contributed by atoms with E-state index in [1.165, 1.54) is 18.2 Å². The summed E-state index contributed by atoms with van der Waals surface area (Å²) in [6.07, 6.45) is 0.200. The van der Waals surface area contributed by atoms with E-state index in [9.17, 15) is 18.0 Å². The standard InChI is InChI=1S/C18H19F3N2O2/c1-23(10-11-25-15-5-2-13(19)3-6-15)9-8-18(24)22-14-4-7-16(20)17(21)12-14/h2-7,12H,8-11H2,1H3,(H,22,24). The number of rotatable bonds is 8. The van der Waals surface area contributed by atoms with Crippen LogP contribution in [0.3, 0.4) is 0 Å². The van der Waals surface area contributed by atoms with Crippen LogP contribution in [0.25, 0.3) is 0 Å². The van der Waals surface area contributed by atoms with Gasteiger partial charge in [-0.2, -0.15) is 0 Å². The van der Waals surface area contributed by atoms with E-state index < -0.39 is 11.6 Å². The Hall–Kier alpha value is -2.54. The third-order valence-corrected chi connectivity index (χ3v) is 3.48. The molecule has 0 aliphatic carbocycles. The van der Waals surface area contributed by atoms with E-state index >= 15 is 0 Å². The first-order chi connectivity index (χ1) is 11.9. The largest absolute Gasteiger partial charge is 0.492 e. The summed E-state index contributed by atoms with van der Waals surface area (Å²) >= 11 is 0. The molecule has 0 saturated carbocycles. The highest BCUT2D eigenvalue weighted by Crippen LogP contribution is 2.13. The predicted molar refractivity (Wildman–Crippen MR) is 89.0 cm³/mol. The molecule has 1 N–H and O–H groups in total. The summed E-state index contributed by atoms with van der Waals surface area (Å²) in [5.41, 5.74) is 0.214. The number of carbonyl (C=O) groups is 1. The fourth-order valence-corrected chi connectivity index (χ4v) is 2.05. The molecule has 2 aromatic carbocycles. The molecular weight excluding hydrogens is 333 g/mol. The first-order valence-corrected chi connectivity index (χ1v) is 7.76. The maximum Gasteiger partial charge on any atom is 0.225 e. The number of hydrogen-bond donors (Lipinski definition) is 1. The van der Waals surface area contributed by atoms with Crippen LogP contribution in [0.5, 0.6) is 5.75 Å². The molecule has 0 saturated heterocycles. The Labute approximate surface area is 144 Å². The van der Waals surface area contributed by atoms with Crippen LogP contribution in [0.1, 0.15) is 6.42 Å². The molecule has 0 fully saturated rings. The average molecular weight is 352 g/mol. The Morgan fingerprint density at radius 2 is 1.76 bits per heavy atom. The molecule has 7 heteroatoms. The molecule has 0 aromatic heterocycles. The van der Waals surface area contributed by atoms with Crippen LogP contribution in [-0.4, -0.2) is 37.6 Å². The van der Waals surface area contributed by atoms with Gasteiger partial charge in [0.1, 0.15) is 18.2 Å². The van der Waals surface area contributed by atoms with Gasteiger partial charge in [-0.15, -0.1) is 0 Å². The number of benzene rings is 2. The first kappa shape index (κ1) is 18.8. The van der Waals surface area contributed by atoms with Crippen LogP contribution in [-0.2, 0) is 4.79 Å². The van der Waals surface area contributed by atoms with Gasteiger partial charge < -0.3 is 15.0 Å². The van der Waals surface area contributed by atoms with Gasteiger partial charge in [-0.1, -0.05) is 0 Å². The molecule has 0 radical (unpaired) electrons. The minimum Gasteiger partial charge on any atom is -0.492 e. The maximum atomic E-state index is 13.1. The molecule has 134 valence electrons. The molecular formula is C18H19F3N2O2. The van der Waals surface area contributed by atoms with Gasteiger partial charge in [0, 0.05) is 31.3 Å². The van der Waals surface area contributed by atoms with E-state index in [4.69, 9.17) is 4.74 Å². The number of anilines is 1. The van der Waals surface area contributed by atoms with Crippen LogP contribution < -0.4 is 10.1 Å². The van der Waals surface area contributed by atoms with Crippen molar-refractivity contribution in [1.29, 1.82) is 0 Å². The van der Waals surface area contributed by atoms with Crippen LogP contribution in [0.4, 0.5) is 18.9 Å². The zero-order valence-corrected chi connectivity index (χ0v) is 13.8. The van der Waals surface area contributed by atoms with Gasteiger partial charge in [0.2, 0.25) is 5.91 Å². The number of ether oxygens (including phenoxy) is 1.